The standard InChI is InChI=1S/C26H31Cl3N2O2S/c1-2-24(26(33)30-19-10-4-3-5-11-19)31(15-20-22(28)13-8-14-23(20)29)25(32)17-34-16-18-9-6-7-12-21(18)27/h6-9,12-14,19,24H,2-5,10-11,15-17H2,1H3,(H,30,33). The SMILES string of the molecule is CCC(C(=O)NC1CCCCC1)N(Cc1c(Cl)cccc1Cl)C(=O)CSCc1ccccc1Cl. The van der Waals surface area contributed by atoms with Gasteiger partial charge in [-0.2, -0.15) is 0 Å². The van der Waals surface area contributed by atoms with Crippen molar-refractivity contribution in [2.75, 3.05) is 5.75 Å². The summed E-state index contributed by atoms with van der Waals surface area (Å²) in [5.41, 5.74) is 1.63. The van der Waals surface area contributed by atoms with E-state index in [9.17, 15) is 9.59 Å². The predicted molar refractivity (Wildman–Crippen MR) is 144 cm³/mol. The van der Waals surface area contributed by atoms with Gasteiger partial charge in [0.05, 0.1) is 5.75 Å². The van der Waals surface area contributed by atoms with Crippen LogP contribution in [0.5, 0.6) is 0 Å². The van der Waals surface area contributed by atoms with Crippen LogP contribution in [-0.4, -0.2) is 34.6 Å². The van der Waals surface area contributed by atoms with E-state index in [-0.39, 0.29) is 30.2 Å². The van der Waals surface area contributed by atoms with E-state index in [2.05, 4.69) is 5.32 Å². The number of benzene rings is 2. The van der Waals surface area contributed by atoms with E-state index >= 15 is 0 Å². The molecule has 184 valence electrons. The van der Waals surface area contributed by atoms with Gasteiger partial charge in [0.2, 0.25) is 11.8 Å². The average molecular weight is 542 g/mol. The minimum Gasteiger partial charge on any atom is -0.352 e. The summed E-state index contributed by atoms with van der Waals surface area (Å²) >= 11 is 20.6. The fraction of sp³-hybridized carbons (Fsp3) is 0.462. The van der Waals surface area contributed by atoms with Crippen LogP contribution < -0.4 is 5.32 Å². The first-order valence-electron chi connectivity index (χ1n) is 11.7. The zero-order valence-electron chi connectivity index (χ0n) is 19.4. The Kier molecular flexibility index (Phi) is 10.9. The van der Waals surface area contributed by atoms with Crippen molar-refractivity contribution in [1.82, 2.24) is 10.2 Å². The molecule has 3 rings (SSSR count). The molecule has 2 aromatic carbocycles. The second-order valence-electron chi connectivity index (χ2n) is 8.57. The van der Waals surface area contributed by atoms with Crippen molar-refractivity contribution in [3.63, 3.8) is 0 Å². The highest BCUT2D eigenvalue weighted by Crippen LogP contribution is 2.28. The third kappa shape index (κ3) is 7.55. The maximum Gasteiger partial charge on any atom is 0.243 e. The molecule has 0 radical (unpaired) electrons. The molecule has 0 spiro atoms. The Bertz CT molecular complexity index is 962. The molecule has 1 unspecified atom stereocenters. The highest BCUT2D eigenvalue weighted by molar-refractivity contribution is 7.99. The molecule has 0 aromatic heterocycles. The van der Waals surface area contributed by atoms with Crippen molar-refractivity contribution in [3.05, 3.63) is 68.7 Å². The molecule has 1 atom stereocenters. The number of carbonyl (C=O) groups excluding carboxylic acids is 2. The molecule has 1 aliphatic carbocycles. The van der Waals surface area contributed by atoms with E-state index < -0.39 is 6.04 Å². The second kappa shape index (κ2) is 13.6. The molecule has 0 saturated heterocycles. The Balaban J connectivity index is 1.76. The van der Waals surface area contributed by atoms with Crippen LogP contribution in [-0.2, 0) is 21.9 Å². The van der Waals surface area contributed by atoms with Crippen molar-refractivity contribution < 1.29 is 9.59 Å². The van der Waals surface area contributed by atoms with Gasteiger partial charge >= 0.3 is 0 Å². The van der Waals surface area contributed by atoms with Crippen LogP contribution in [0, 0.1) is 0 Å². The maximum absolute atomic E-state index is 13.4. The summed E-state index contributed by atoms with van der Waals surface area (Å²) in [6.45, 7) is 2.11. The highest BCUT2D eigenvalue weighted by atomic mass is 35.5. The summed E-state index contributed by atoms with van der Waals surface area (Å²) in [5, 5.41) is 4.83. The minimum absolute atomic E-state index is 0.109. The number of nitrogens with zero attached hydrogens (tertiary/aromatic N) is 1. The van der Waals surface area contributed by atoms with Crippen LogP contribution in [0.1, 0.15) is 56.6 Å². The number of hydrogen-bond acceptors (Lipinski definition) is 3. The molecule has 2 amide bonds. The number of amides is 2. The van der Waals surface area contributed by atoms with Gasteiger partial charge in [-0.05, 0) is 43.0 Å². The summed E-state index contributed by atoms with van der Waals surface area (Å²) in [6, 6.07) is 12.5. The summed E-state index contributed by atoms with van der Waals surface area (Å²) in [4.78, 5) is 28.4. The van der Waals surface area contributed by atoms with E-state index in [0.717, 1.165) is 31.2 Å². The van der Waals surface area contributed by atoms with Crippen molar-refractivity contribution in [2.24, 2.45) is 0 Å². The Morgan fingerprint density at radius 2 is 1.65 bits per heavy atom. The van der Waals surface area contributed by atoms with Gasteiger partial charge < -0.3 is 10.2 Å². The predicted octanol–water partition coefficient (Wildman–Crippen LogP) is 7.14. The maximum atomic E-state index is 13.4. The number of rotatable bonds is 10. The Hall–Kier alpha value is -1.40. The normalized spacial score (nSPS) is 15.1. The fourth-order valence-electron chi connectivity index (χ4n) is 4.26. The quantitative estimate of drug-likeness (QED) is 0.348. The number of halogens is 3. The number of carbonyl (C=O) groups is 2. The van der Waals surface area contributed by atoms with E-state index in [0.29, 0.717) is 32.8 Å². The lowest BCUT2D eigenvalue weighted by Crippen LogP contribution is -2.52. The molecule has 1 fully saturated rings. The molecular weight excluding hydrogens is 511 g/mol. The summed E-state index contributed by atoms with van der Waals surface area (Å²) in [5.74, 6) is 0.596. The molecule has 0 heterocycles. The number of thioether (sulfide) groups is 1. The zero-order valence-corrected chi connectivity index (χ0v) is 22.5. The third-order valence-corrected chi connectivity index (χ3v) is 8.21. The van der Waals surface area contributed by atoms with Gasteiger partial charge in [0.25, 0.3) is 0 Å². The van der Waals surface area contributed by atoms with Gasteiger partial charge in [0.15, 0.2) is 0 Å². The van der Waals surface area contributed by atoms with E-state index in [1.54, 1.807) is 23.1 Å². The molecule has 2 aromatic rings. The van der Waals surface area contributed by atoms with Gasteiger partial charge in [-0.1, -0.05) is 85.3 Å². The van der Waals surface area contributed by atoms with Gasteiger partial charge in [-0.25, -0.2) is 0 Å². The zero-order chi connectivity index (χ0) is 24.5. The Labute approximate surface area is 221 Å². The lowest BCUT2D eigenvalue weighted by Gasteiger charge is -2.33. The smallest absolute Gasteiger partial charge is 0.243 e. The topological polar surface area (TPSA) is 49.4 Å². The van der Waals surface area contributed by atoms with Gasteiger partial charge in [0, 0.05) is 39.0 Å². The molecule has 1 N–H and O–H groups in total. The average Bonchev–Trinajstić information content (AvgIpc) is 2.82. The van der Waals surface area contributed by atoms with Crippen LogP contribution in [0.15, 0.2) is 42.5 Å². The Morgan fingerprint density at radius 1 is 1.00 bits per heavy atom. The second-order valence-corrected chi connectivity index (χ2v) is 10.8. The lowest BCUT2D eigenvalue weighted by atomic mass is 9.95. The van der Waals surface area contributed by atoms with E-state index in [4.69, 9.17) is 34.8 Å². The van der Waals surface area contributed by atoms with Crippen molar-refractivity contribution in [2.45, 2.75) is 69.8 Å². The van der Waals surface area contributed by atoms with Crippen LogP contribution in [0.25, 0.3) is 0 Å². The number of hydrogen-bond donors (Lipinski definition) is 1. The molecule has 0 aliphatic heterocycles. The van der Waals surface area contributed by atoms with E-state index in [1.165, 1.54) is 18.2 Å². The highest BCUT2D eigenvalue weighted by Gasteiger charge is 2.31. The van der Waals surface area contributed by atoms with Crippen molar-refractivity contribution >= 4 is 58.4 Å². The summed E-state index contributed by atoms with van der Waals surface area (Å²) in [6.07, 6.45) is 5.93. The number of nitrogens with one attached hydrogen (secondary N) is 1. The molecule has 1 saturated carbocycles. The van der Waals surface area contributed by atoms with Crippen LogP contribution >= 0.6 is 46.6 Å². The first-order valence-corrected chi connectivity index (χ1v) is 14.0. The molecule has 0 bridgehead atoms. The summed E-state index contributed by atoms with van der Waals surface area (Å²) < 4.78 is 0. The largest absolute Gasteiger partial charge is 0.352 e. The molecule has 1 aliphatic rings. The van der Waals surface area contributed by atoms with Crippen molar-refractivity contribution in [3.8, 4) is 0 Å². The molecule has 4 nitrogen and oxygen atoms in total. The fourth-order valence-corrected chi connectivity index (χ4v) is 5.98. The van der Waals surface area contributed by atoms with E-state index in [1.807, 2.05) is 31.2 Å². The molecule has 8 heteroatoms. The van der Waals surface area contributed by atoms with Crippen LogP contribution in [0.2, 0.25) is 15.1 Å². The van der Waals surface area contributed by atoms with Crippen molar-refractivity contribution in [1.29, 1.82) is 0 Å². The monoisotopic (exact) mass is 540 g/mol. The Morgan fingerprint density at radius 3 is 2.29 bits per heavy atom. The van der Waals surface area contributed by atoms with Crippen LogP contribution in [0.3, 0.4) is 0 Å². The third-order valence-electron chi connectivity index (χ3n) is 6.17. The molecular formula is C26H31Cl3N2O2S. The van der Waals surface area contributed by atoms with Gasteiger partial charge in [-0.3, -0.25) is 9.59 Å². The first-order chi connectivity index (χ1) is 16.4. The lowest BCUT2D eigenvalue weighted by molar-refractivity contribution is -0.139. The molecule has 34 heavy (non-hydrogen) atoms. The minimum atomic E-state index is -0.595. The van der Waals surface area contributed by atoms with Crippen LogP contribution in [0.4, 0.5) is 0 Å². The van der Waals surface area contributed by atoms with Gasteiger partial charge in [-0.15, -0.1) is 11.8 Å². The summed E-state index contributed by atoms with van der Waals surface area (Å²) in [7, 11) is 0. The first kappa shape index (κ1) is 27.2. The van der Waals surface area contributed by atoms with Gasteiger partial charge in [0.1, 0.15) is 6.04 Å².